The molecular formula is C27H28ClN7O5. The molecule has 208 valence electrons. The molecule has 1 N–H and O–H groups in total. The van der Waals surface area contributed by atoms with Crippen LogP contribution in [0.4, 0.5) is 10.5 Å². The van der Waals surface area contributed by atoms with Crippen molar-refractivity contribution in [3.63, 3.8) is 0 Å². The molecule has 0 bridgehead atoms. The Morgan fingerprint density at radius 2 is 1.98 bits per heavy atom. The Kier molecular flexibility index (Phi) is 7.44. The maximum atomic E-state index is 14.3. The molecule has 2 atom stereocenters. The van der Waals surface area contributed by atoms with Gasteiger partial charge in [-0.15, -0.1) is 0 Å². The van der Waals surface area contributed by atoms with Gasteiger partial charge in [-0.25, -0.2) is 9.78 Å². The van der Waals surface area contributed by atoms with E-state index in [9.17, 15) is 19.7 Å². The number of hydrogen-bond donors (Lipinski definition) is 1. The number of aromatic nitrogens is 2. The van der Waals surface area contributed by atoms with Gasteiger partial charge in [-0.2, -0.15) is 0 Å². The molecule has 3 amide bonds. The van der Waals surface area contributed by atoms with Crippen LogP contribution in [0.3, 0.4) is 0 Å². The molecule has 1 aromatic heterocycles. The van der Waals surface area contributed by atoms with Gasteiger partial charge in [0.1, 0.15) is 36.0 Å². The average molecular weight is 566 g/mol. The lowest BCUT2D eigenvalue weighted by molar-refractivity contribution is -0.384. The molecule has 2 aliphatic heterocycles. The van der Waals surface area contributed by atoms with Gasteiger partial charge in [0, 0.05) is 43.6 Å². The van der Waals surface area contributed by atoms with Crippen LogP contribution in [0.5, 0.6) is 5.75 Å². The third kappa shape index (κ3) is 5.22. The first-order valence-corrected chi connectivity index (χ1v) is 13.1. The number of nitrogens with zero attached hydrogens (tertiary/aromatic N) is 6. The summed E-state index contributed by atoms with van der Waals surface area (Å²) in [6, 6.07) is 9.67. The maximum Gasteiger partial charge on any atom is 0.326 e. The number of amidine groups is 1. The predicted octanol–water partition coefficient (Wildman–Crippen LogP) is 3.87. The molecule has 13 heteroatoms. The average Bonchev–Trinajstić information content (AvgIpc) is 3.51. The number of carbonyl (C=O) groups excluding carboxylic acids is 2. The fraction of sp³-hybridized carbons (Fsp3) is 0.333. The van der Waals surface area contributed by atoms with Crippen molar-refractivity contribution in [1.82, 2.24) is 24.7 Å². The largest absolute Gasteiger partial charge is 0.490 e. The number of carbonyl (C=O) groups is 2. The molecule has 0 spiro atoms. The molecule has 2 aromatic carbocycles. The van der Waals surface area contributed by atoms with E-state index in [1.54, 1.807) is 24.5 Å². The maximum absolute atomic E-state index is 14.3. The lowest BCUT2D eigenvalue weighted by Gasteiger charge is -2.35. The zero-order valence-electron chi connectivity index (χ0n) is 22.2. The Balaban J connectivity index is 1.72. The highest BCUT2D eigenvalue weighted by Crippen LogP contribution is 2.45. The van der Waals surface area contributed by atoms with Crippen molar-refractivity contribution in [1.29, 1.82) is 0 Å². The van der Waals surface area contributed by atoms with Crippen LogP contribution < -0.4 is 10.1 Å². The first-order chi connectivity index (χ1) is 19.1. The first kappa shape index (κ1) is 27.1. The molecule has 3 aromatic rings. The van der Waals surface area contributed by atoms with Crippen molar-refractivity contribution in [3.05, 3.63) is 86.9 Å². The summed E-state index contributed by atoms with van der Waals surface area (Å²) in [6.45, 7) is 4.13. The number of piperazine rings is 1. The number of nitro benzene ring substituents is 1. The number of nitrogens with one attached hydrogen (secondary N) is 1. The number of halogens is 1. The van der Waals surface area contributed by atoms with Crippen molar-refractivity contribution in [2.45, 2.75) is 32.0 Å². The van der Waals surface area contributed by atoms with Crippen LogP contribution in [-0.2, 0) is 11.8 Å². The van der Waals surface area contributed by atoms with Crippen LogP contribution >= 0.6 is 11.6 Å². The van der Waals surface area contributed by atoms with Crippen molar-refractivity contribution < 1.29 is 19.2 Å². The number of amides is 3. The van der Waals surface area contributed by atoms with Crippen LogP contribution in [0.25, 0.3) is 0 Å². The lowest BCUT2D eigenvalue weighted by Crippen LogP contribution is -2.55. The van der Waals surface area contributed by atoms with Crippen LogP contribution in [0.2, 0.25) is 5.02 Å². The Morgan fingerprint density at radius 3 is 2.60 bits per heavy atom. The van der Waals surface area contributed by atoms with Gasteiger partial charge in [0.15, 0.2) is 0 Å². The number of imidazole rings is 1. The van der Waals surface area contributed by atoms with Crippen LogP contribution in [-0.4, -0.2) is 67.8 Å². The van der Waals surface area contributed by atoms with Crippen molar-refractivity contribution in [3.8, 4) is 5.75 Å². The highest BCUT2D eigenvalue weighted by molar-refractivity contribution is 6.30. The summed E-state index contributed by atoms with van der Waals surface area (Å²) >= 11 is 6.18. The fourth-order valence-corrected chi connectivity index (χ4v) is 5.02. The standard InChI is InChI=1S/C27H28ClN7O5/c1-16(2)40-21-14-19(35(38)39)8-9-20(21)25-31-23(17-4-6-18(28)7-5-17)24(26-30-10-12-32(26)3)34(25)27(37)33-13-11-29-22(36)15-33/h4-10,12,14,16,23-24H,11,13,15H2,1-3H3,(H,29,36). The molecule has 3 heterocycles. The Labute approximate surface area is 235 Å². The molecule has 0 radical (unpaired) electrons. The van der Waals surface area contributed by atoms with Crippen molar-refractivity contribution in [2.24, 2.45) is 12.0 Å². The van der Waals surface area contributed by atoms with Crippen LogP contribution in [0.1, 0.15) is 42.9 Å². The van der Waals surface area contributed by atoms with Gasteiger partial charge in [0.05, 0.1) is 22.7 Å². The second-order valence-corrected chi connectivity index (χ2v) is 10.3. The Bertz CT molecular complexity index is 1490. The summed E-state index contributed by atoms with van der Waals surface area (Å²) in [7, 11) is 1.83. The second-order valence-electron chi connectivity index (χ2n) is 9.82. The minimum atomic E-state index is -0.698. The first-order valence-electron chi connectivity index (χ1n) is 12.7. The number of benzene rings is 2. The highest BCUT2D eigenvalue weighted by Gasteiger charge is 2.47. The highest BCUT2D eigenvalue weighted by atomic mass is 35.5. The van der Waals surface area contributed by atoms with Gasteiger partial charge in [-0.3, -0.25) is 24.8 Å². The molecular weight excluding hydrogens is 538 g/mol. The quantitative estimate of drug-likeness (QED) is 0.356. The van der Waals surface area contributed by atoms with Gasteiger partial charge >= 0.3 is 6.03 Å². The molecule has 1 fully saturated rings. The van der Waals surface area contributed by atoms with E-state index < -0.39 is 23.0 Å². The molecule has 1 saturated heterocycles. The van der Waals surface area contributed by atoms with Gasteiger partial charge in [-0.1, -0.05) is 23.7 Å². The third-order valence-electron chi connectivity index (χ3n) is 6.70. The molecule has 2 unspecified atom stereocenters. The van der Waals surface area contributed by atoms with Crippen molar-refractivity contribution >= 4 is 35.1 Å². The summed E-state index contributed by atoms with van der Waals surface area (Å²) in [4.78, 5) is 50.2. The smallest absolute Gasteiger partial charge is 0.326 e. The number of non-ortho nitro benzene ring substituents is 1. The molecule has 0 aliphatic carbocycles. The number of urea groups is 1. The molecule has 40 heavy (non-hydrogen) atoms. The van der Waals surface area contributed by atoms with Gasteiger partial charge in [-0.05, 0) is 37.6 Å². The second kappa shape index (κ2) is 11.0. The molecule has 0 saturated carbocycles. The van der Waals surface area contributed by atoms with Crippen LogP contribution in [0, 0.1) is 10.1 Å². The Hall–Kier alpha value is -4.45. The minimum Gasteiger partial charge on any atom is -0.490 e. The number of hydrogen-bond acceptors (Lipinski definition) is 7. The van der Waals surface area contributed by atoms with E-state index in [1.165, 1.54) is 28.0 Å². The SMILES string of the molecule is CC(C)Oc1cc([N+](=O)[O-])ccc1C1=NC(c2ccc(Cl)cc2)C(c2nccn2C)N1C(=O)N1CCNC(=O)C1. The number of aliphatic imine (C=N–C) groups is 1. The molecule has 5 rings (SSSR count). The fourth-order valence-electron chi connectivity index (χ4n) is 4.90. The minimum absolute atomic E-state index is 0.114. The zero-order valence-corrected chi connectivity index (χ0v) is 22.9. The monoisotopic (exact) mass is 565 g/mol. The summed E-state index contributed by atoms with van der Waals surface area (Å²) in [5.41, 5.74) is 1.04. The summed E-state index contributed by atoms with van der Waals surface area (Å²) < 4.78 is 7.82. The number of rotatable bonds is 6. The Morgan fingerprint density at radius 1 is 1.23 bits per heavy atom. The van der Waals surface area contributed by atoms with E-state index in [1.807, 2.05) is 37.6 Å². The van der Waals surface area contributed by atoms with E-state index in [-0.39, 0.29) is 35.8 Å². The lowest BCUT2D eigenvalue weighted by atomic mass is 9.99. The topological polar surface area (TPSA) is 135 Å². The van der Waals surface area contributed by atoms with E-state index in [4.69, 9.17) is 21.3 Å². The van der Waals surface area contributed by atoms with Gasteiger partial charge < -0.3 is 19.5 Å². The summed E-state index contributed by atoms with van der Waals surface area (Å²) in [5.74, 6) is 0.781. The normalized spacial score (nSPS) is 19.0. The van der Waals surface area contributed by atoms with Gasteiger partial charge in [0.25, 0.3) is 5.69 Å². The van der Waals surface area contributed by atoms with E-state index in [0.717, 1.165) is 5.56 Å². The third-order valence-corrected chi connectivity index (χ3v) is 6.95. The van der Waals surface area contributed by atoms with E-state index >= 15 is 0 Å². The zero-order chi connectivity index (χ0) is 28.6. The summed E-state index contributed by atoms with van der Waals surface area (Å²) in [6.07, 6.45) is 3.11. The molecule has 2 aliphatic rings. The number of ether oxygens (including phenoxy) is 1. The number of nitro groups is 1. The van der Waals surface area contributed by atoms with Gasteiger partial charge in [0.2, 0.25) is 5.91 Å². The molecule has 12 nitrogen and oxygen atoms in total. The van der Waals surface area contributed by atoms with E-state index in [0.29, 0.717) is 29.5 Å². The number of aryl methyl sites for hydroxylation is 1. The van der Waals surface area contributed by atoms with Crippen LogP contribution in [0.15, 0.2) is 59.9 Å². The predicted molar refractivity (Wildman–Crippen MR) is 147 cm³/mol. The van der Waals surface area contributed by atoms with Crippen molar-refractivity contribution in [2.75, 3.05) is 19.6 Å². The summed E-state index contributed by atoms with van der Waals surface area (Å²) in [5, 5.41) is 14.9. The van der Waals surface area contributed by atoms with E-state index in [2.05, 4.69) is 10.3 Å².